The molecule has 0 aromatic rings. The van der Waals surface area contributed by atoms with Crippen LogP contribution in [-0.2, 0) is 0 Å². The Morgan fingerprint density at radius 2 is 2.07 bits per heavy atom. The fraction of sp³-hybridized carbons (Fsp3) is 1.00. The van der Waals surface area contributed by atoms with Gasteiger partial charge in [-0.15, -0.1) is 0 Å². The molecule has 0 spiro atoms. The Kier molecular flexibility index (Phi) is 4.54. The lowest BCUT2D eigenvalue weighted by Crippen LogP contribution is -2.27. The quantitative estimate of drug-likeness (QED) is 0.451. The summed E-state index contributed by atoms with van der Waals surface area (Å²) >= 11 is 2.46. The third-order valence-electron chi connectivity index (χ3n) is 4.03. The summed E-state index contributed by atoms with van der Waals surface area (Å²) in [4.78, 5) is 0. The SMILES string of the molecule is ICCCCNCC1CC2CCC1C2. The standard InChI is InChI=1S/C12H22IN/c13-5-1-2-6-14-9-12-8-10-3-4-11(12)7-10/h10-12,14H,1-9H2. The van der Waals surface area contributed by atoms with Crippen LogP contribution in [0.2, 0.25) is 0 Å². The van der Waals surface area contributed by atoms with Gasteiger partial charge in [0.2, 0.25) is 0 Å². The molecular weight excluding hydrogens is 285 g/mol. The monoisotopic (exact) mass is 307 g/mol. The molecule has 0 heterocycles. The van der Waals surface area contributed by atoms with Gasteiger partial charge >= 0.3 is 0 Å². The highest BCUT2D eigenvalue weighted by atomic mass is 127. The smallest absolute Gasteiger partial charge is 0.000426 e. The molecule has 82 valence electrons. The highest BCUT2D eigenvalue weighted by Gasteiger charge is 2.38. The van der Waals surface area contributed by atoms with E-state index in [9.17, 15) is 0 Å². The predicted molar refractivity (Wildman–Crippen MR) is 69.9 cm³/mol. The lowest BCUT2D eigenvalue weighted by molar-refractivity contribution is 0.319. The molecule has 2 aliphatic rings. The van der Waals surface area contributed by atoms with Gasteiger partial charge in [0, 0.05) is 0 Å². The minimum atomic E-state index is 1.04. The van der Waals surface area contributed by atoms with Crippen LogP contribution in [-0.4, -0.2) is 17.5 Å². The van der Waals surface area contributed by atoms with Crippen LogP contribution in [0.5, 0.6) is 0 Å². The molecular formula is C12H22IN. The molecule has 2 heteroatoms. The van der Waals surface area contributed by atoms with Gasteiger partial charge < -0.3 is 5.32 Å². The van der Waals surface area contributed by atoms with Crippen LogP contribution >= 0.6 is 22.6 Å². The molecule has 2 bridgehead atoms. The summed E-state index contributed by atoms with van der Waals surface area (Å²) in [5.74, 6) is 3.24. The summed E-state index contributed by atoms with van der Waals surface area (Å²) < 4.78 is 1.31. The van der Waals surface area contributed by atoms with E-state index in [4.69, 9.17) is 0 Å². The molecule has 3 atom stereocenters. The van der Waals surface area contributed by atoms with E-state index in [0.29, 0.717) is 0 Å². The second kappa shape index (κ2) is 5.69. The van der Waals surface area contributed by atoms with Crippen LogP contribution in [0.15, 0.2) is 0 Å². The van der Waals surface area contributed by atoms with Crippen molar-refractivity contribution in [1.29, 1.82) is 0 Å². The number of unbranched alkanes of at least 4 members (excludes halogenated alkanes) is 1. The number of nitrogens with one attached hydrogen (secondary N) is 1. The van der Waals surface area contributed by atoms with Gasteiger partial charge in [-0.2, -0.15) is 0 Å². The molecule has 0 aliphatic heterocycles. The number of fused-ring (bicyclic) bond motifs is 2. The minimum absolute atomic E-state index is 1.04. The van der Waals surface area contributed by atoms with Crippen molar-refractivity contribution in [3.05, 3.63) is 0 Å². The van der Waals surface area contributed by atoms with Crippen molar-refractivity contribution in [2.45, 2.75) is 38.5 Å². The number of hydrogen-bond donors (Lipinski definition) is 1. The van der Waals surface area contributed by atoms with Crippen molar-refractivity contribution >= 4 is 22.6 Å². The van der Waals surface area contributed by atoms with Gasteiger partial charge in [-0.1, -0.05) is 29.0 Å². The van der Waals surface area contributed by atoms with Crippen LogP contribution in [0.25, 0.3) is 0 Å². The first-order valence-corrected chi connectivity index (χ1v) is 7.69. The van der Waals surface area contributed by atoms with Crippen molar-refractivity contribution in [1.82, 2.24) is 5.32 Å². The zero-order valence-corrected chi connectivity index (χ0v) is 11.1. The summed E-state index contributed by atoms with van der Waals surface area (Å²) in [6, 6.07) is 0. The Morgan fingerprint density at radius 1 is 1.14 bits per heavy atom. The summed E-state index contributed by atoms with van der Waals surface area (Å²) in [7, 11) is 0. The molecule has 2 saturated carbocycles. The topological polar surface area (TPSA) is 12.0 Å². The normalized spacial score (nSPS) is 35.4. The second-order valence-electron chi connectivity index (χ2n) is 5.04. The van der Waals surface area contributed by atoms with Crippen LogP contribution in [0, 0.1) is 17.8 Å². The highest BCUT2D eigenvalue weighted by Crippen LogP contribution is 2.47. The van der Waals surface area contributed by atoms with E-state index < -0.39 is 0 Å². The Labute approximate surface area is 102 Å². The first-order valence-electron chi connectivity index (χ1n) is 6.17. The fourth-order valence-corrected chi connectivity index (χ4v) is 3.80. The molecule has 3 unspecified atom stereocenters. The van der Waals surface area contributed by atoms with E-state index in [-0.39, 0.29) is 0 Å². The molecule has 0 amide bonds. The number of alkyl halides is 1. The maximum atomic E-state index is 3.64. The second-order valence-corrected chi connectivity index (χ2v) is 6.11. The molecule has 0 aromatic carbocycles. The summed E-state index contributed by atoms with van der Waals surface area (Å²) in [5, 5.41) is 3.64. The number of halogens is 1. The van der Waals surface area contributed by atoms with Crippen LogP contribution in [0.1, 0.15) is 38.5 Å². The minimum Gasteiger partial charge on any atom is -0.316 e. The molecule has 0 radical (unpaired) electrons. The average Bonchev–Trinajstić information content (AvgIpc) is 2.79. The summed E-state index contributed by atoms with van der Waals surface area (Å²) in [5.41, 5.74) is 0. The van der Waals surface area contributed by atoms with Gasteiger partial charge in [0.05, 0.1) is 0 Å². The highest BCUT2D eigenvalue weighted by molar-refractivity contribution is 14.1. The zero-order chi connectivity index (χ0) is 9.80. The van der Waals surface area contributed by atoms with Gasteiger partial charge in [0.25, 0.3) is 0 Å². The van der Waals surface area contributed by atoms with Gasteiger partial charge in [-0.25, -0.2) is 0 Å². The van der Waals surface area contributed by atoms with E-state index in [1.165, 1.54) is 49.6 Å². The first-order chi connectivity index (χ1) is 6.90. The Bertz CT molecular complexity index is 172. The first kappa shape index (κ1) is 11.2. The van der Waals surface area contributed by atoms with Crippen LogP contribution in [0.4, 0.5) is 0 Å². The molecule has 0 aromatic heterocycles. The van der Waals surface area contributed by atoms with E-state index in [0.717, 1.165) is 17.8 Å². The number of rotatable bonds is 6. The zero-order valence-electron chi connectivity index (χ0n) is 8.97. The largest absolute Gasteiger partial charge is 0.316 e. The van der Waals surface area contributed by atoms with Gasteiger partial charge in [-0.05, 0) is 67.4 Å². The lowest BCUT2D eigenvalue weighted by Gasteiger charge is -2.21. The molecule has 14 heavy (non-hydrogen) atoms. The van der Waals surface area contributed by atoms with Crippen molar-refractivity contribution < 1.29 is 0 Å². The lowest BCUT2D eigenvalue weighted by atomic mass is 9.89. The third-order valence-corrected chi connectivity index (χ3v) is 4.79. The summed E-state index contributed by atoms with van der Waals surface area (Å²) in [6.45, 7) is 2.55. The van der Waals surface area contributed by atoms with Crippen LogP contribution in [0.3, 0.4) is 0 Å². The molecule has 1 nitrogen and oxygen atoms in total. The average molecular weight is 307 g/mol. The Hall–Kier alpha value is 0.690. The van der Waals surface area contributed by atoms with Crippen molar-refractivity contribution in [3.63, 3.8) is 0 Å². The Morgan fingerprint density at radius 3 is 2.71 bits per heavy atom. The van der Waals surface area contributed by atoms with Gasteiger partial charge in [0.1, 0.15) is 0 Å². The van der Waals surface area contributed by atoms with E-state index in [1.54, 1.807) is 6.42 Å². The molecule has 2 fully saturated rings. The fourth-order valence-electron chi connectivity index (χ4n) is 3.26. The summed E-state index contributed by atoms with van der Waals surface area (Å²) in [6.07, 6.45) is 8.90. The van der Waals surface area contributed by atoms with Crippen molar-refractivity contribution in [2.24, 2.45) is 17.8 Å². The van der Waals surface area contributed by atoms with E-state index >= 15 is 0 Å². The third kappa shape index (κ3) is 2.84. The van der Waals surface area contributed by atoms with Crippen LogP contribution < -0.4 is 5.32 Å². The molecule has 1 N–H and O–H groups in total. The van der Waals surface area contributed by atoms with Gasteiger partial charge in [-0.3, -0.25) is 0 Å². The molecule has 0 saturated heterocycles. The molecule has 2 aliphatic carbocycles. The van der Waals surface area contributed by atoms with Crippen molar-refractivity contribution in [2.75, 3.05) is 17.5 Å². The number of hydrogen-bond acceptors (Lipinski definition) is 1. The maximum absolute atomic E-state index is 3.64. The predicted octanol–water partition coefficient (Wildman–Crippen LogP) is 3.23. The Balaban J connectivity index is 1.54. The maximum Gasteiger partial charge on any atom is -0.000426 e. The van der Waals surface area contributed by atoms with E-state index in [2.05, 4.69) is 27.9 Å². The van der Waals surface area contributed by atoms with E-state index in [1.807, 2.05) is 0 Å². The van der Waals surface area contributed by atoms with Crippen molar-refractivity contribution in [3.8, 4) is 0 Å². The van der Waals surface area contributed by atoms with Gasteiger partial charge in [0.15, 0.2) is 0 Å². The molecule has 2 rings (SSSR count).